The molecule has 0 bridgehead atoms. The molecular weight excluding hydrogens is 454 g/mol. The molecule has 2 heterocycles. The molecule has 1 aromatic heterocycles. The summed E-state index contributed by atoms with van der Waals surface area (Å²) in [5.41, 5.74) is 2.02. The number of rotatable bonds is 6. The van der Waals surface area contributed by atoms with E-state index in [4.69, 9.17) is 4.74 Å². The van der Waals surface area contributed by atoms with E-state index in [1.807, 2.05) is 6.07 Å². The second-order valence-corrected chi connectivity index (χ2v) is 8.62. The van der Waals surface area contributed by atoms with Gasteiger partial charge in [-0.1, -0.05) is 12.8 Å². The Labute approximate surface area is 201 Å². The summed E-state index contributed by atoms with van der Waals surface area (Å²) in [4.78, 5) is 17.8. The van der Waals surface area contributed by atoms with E-state index in [0.717, 1.165) is 44.6 Å². The smallest absolute Gasteiger partial charge is 0.271 e. The van der Waals surface area contributed by atoms with Crippen LogP contribution in [0.15, 0.2) is 29.1 Å². The number of likely N-dealkylation sites (N-methyl/N-ethyl adjacent to an activating group) is 1. The summed E-state index contributed by atoms with van der Waals surface area (Å²) in [6.45, 7) is 5.11. The third-order valence-corrected chi connectivity index (χ3v) is 6.39. The van der Waals surface area contributed by atoms with Crippen LogP contribution < -0.4 is 10.3 Å². The van der Waals surface area contributed by atoms with Gasteiger partial charge >= 0.3 is 0 Å². The second kappa shape index (κ2) is 12.0. The van der Waals surface area contributed by atoms with Crippen molar-refractivity contribution in [3.63, 3.8) is 0 Å². The van der Waals surface area contributed by atoms with Gasteiger partial charge in [0.15, 0.2) is 11.6 Å². The first-order chi connectivity index (χ1) is 14.5. The van der Waals surface area contributed by atoms with E-state index in [0.29, 0.717) is 30.3 Å². The molecule has 0 atom stereocenters. The van der Waals surface area contributed by atoms with Gasteiger partial charge in [0.2, 0.25) is 0 Å². The van der Waals surface area contributed by atoms with Crippen LogP contribution >= 0.6 is 24.8 Å². The fourth-order valence-electron chi connectivity index (χ4n) is 4.49. The molecule has 0 unspecified atom stereocenters. The molecule has 1 saturated heterocycles. The fourth-order valence-corrected chi connectivity index (χ4v) is 4.49. The minimum atomic E-state index is -0.425. The normalized spacial score (nSPS) is 17.6. The summed E-state index contributed by atoms with van der Waals surface area (Å²) in [6.07, 6.45) is 4.72. The van der Waals surface area contributed by atoms with Gasteiger partial charge < -0.3 is 9.64 Å². The standard InChI is InChI=1S/C23H31FN4O2.2ClH/c1-26-9-11-27(12-10-26)16-19-14-21(18-7-8-22(30-2)20(24)13-18)25-28(23(19)29)15-17-5-3-4-6-17;;/h7-8,13-14,17H,3-6,9-12,15-16H2,1-2H3;2*1H. The minimum absolute atomic E-state index is 0. The molecule has 32 heavy (non-hydrogen) atoms. The molecule has 6 nitrogen and oxygen atoms in total. The van der Waals surface area contributed by atoms with Crippen molar-refractivity contribution in [2.75, 3.05) is 40.3 Å². The molecular formula is C23H33Cl2FN4O2. The summed E-state index contributed by atoms with van der Waals surface area (Å²) in [5.74, 6) is 0.274. The van der Waals surface area contributed by atoms with Crippen molar-refractivity contribution in [1.29, 1.82) is 0 Å². The maximum atomic E-state index is 14.3. The Morgan fingerprint density at radius 2 is 1.78 bits per heavy atom. The monoisotopic (exact) mass is 486 g/mol. The second-order valence-electron chi connectivity index (χ2n) is 8.62. The molecule has 0 N–H and O–H groups in total. The van der Waals surface area contributed by atoms with Crippen LogP contribution in [0.4, 0.5) is 4.39 Å². The lowest BCUT2D eigenvalue weighted by Gasteiger charge is -2.32. The lowest BCUT2D eigenvalue weighted by molar-refractivity contribution is 0.147. The van der Waals surface area contributed by atoms with Gasteiger partial charge in [-0.05, 0) is 50.1 Å². The number of methoxy groups -OCH3 is 1. The van der Waals surface area contributed by atoms with Crippen LogP contribution in [0.1, 0.15) is 31.2 Å². The van der Waals surface area contributed by atoms with Crippen molar-refractivity contribution in [3.05, 3.63) is 46.0 Å². The molecule has 1 aliphatic heterocycles. The van der Waals surface area contributed by atoms with Crippen LogP contribution in [0, 0.1) is 11.7 Å². The zero-order chi connectivity index (χ0) is 21.1. The number of hydrogen-bond donors (Lipinski definition) is 0. The number of piperazine rings is 1. The predicted octanol–water partition coefficient (Wildman–Crippen LogP) is 3.84. The predicted molar refractivity (Wildman–Crippen MR) is 130 cm³/mol. The van der Waals surface area contributed by atoms with Gasteiger partial charge in [-0.2, -0.15) is 5.10 Å². The van der Waals surface area contributed by atoms with Gasteiger partial charge in [0, 0.05) is 50.4 Å². The van der Waals surface area contributed by atoms with E-state index in [2.05, 4.69) is 21.9 Å². The van der Waals surface area contributed by atoms with Crippen LogP contribution in [-0.2, 0) is 13.1 Å². The fraction of sp³-hybridized carbons (Fsp3) is 0.565. The molecule has 0 radical (unpaired) electrons. The SMILES string of the molecule is COc1ccc(-c2cc(CN3CCN(C)CC3)c(=O)n(CC3CCCC3)n2)cc1F.Cl.Cl. The highest BCUT2D eigenvalue weighted by atomic mass is 35.5. The zero-order valence-electron chi connectivity index (χ0n) is 18.8. The summed E-state index contributed by atoms with van der Waals surface area (Å²) in [7, 11) is 3.57. The first-order valence-corrected chi connectivity index (χ1v) is 10.9. The zero-order valence-corrected chi connectivity index (χ0v) is 20.4. The highest BCUT2D eigenvalue weighted by molar-refractivity contribution is 5.85. The number of hydrogen-bond acceptors (Lipinski definition) is 5. The average molecular weight is 487 g/mol. The lowest BCUT2D eigenvalue weighted by atomic mass is 10.1. The number of ether oxygens (including phenoxy) is 1. The number of halogens is 3. The van der Waals surface area contributed by atoms with Gasteiger partial charge in [0.1, 0.15) is 0 Å². The van der Waals surface area contributed by atoms with Crippen LogP contribution in [0.25, 0.3) is 11.3 Å². The van der Waals surface area contributed by atoms with Crippen molar-refractivity contribution in [2.24, 2.45) is 5.92 Å². The molecule has 1 aliphatic carbocycles. The largest absolute Gasteiger partial charge is 0.494 e. The first-order valence-electron chi connectivity index (χ1n) is 10.9. The molecule has 0 spiro atoms. The van der Waals surface area contributed by atoms with Gasteiger partial charge in [-0.3, -0.25) is 9.69 Å². The van der Waals surface area contributed by atoms with Crippen LogP contribution in [-0.4, -0.2) is 59.9 Å². The maximum absolute atomic E-state index is 14.3. The summed E-state index contributed by atoms with van der Waals surface area (Å²) in [5, 5.41) is 4.64. The van der Waals surface area contributed by atoms with Gasteiger partial charge in [0.05, 0.1) is 12.8 Å². The van der Waals surface area contributed by atoms with Crippen molar-refractivity contribution in [1.82, 2.24) is 19.6 Å². The topological polar surface area (TPSA) is 50.6 Å². The van der Waals surface area contributed by atoms with E-state index < -0.39 is 5.82 Å². The van der Waals surface area contributed by atoms with Crippen molar-refractivity contribution in [2.45, 2.75) is 38.8 Å². The summed E-state index contributed by atoms with van der Waals surface area (Å²) >= 11 is 0. The highest BCUT2D eigenvalue weighted by Crippen LogP contribution is 2.27. The van der Waals surface area contributed by atoms with E-state index in [-0.39, 0.29) is 36.1 Å². The van der Waals surface area contributed by atoms with E-state index in [1.165, 1.54) is 26.0 Å². The van der Waals surface area contributed by atoms with Gasteiger partial charge in [0.25, 0.3) is 5.56 Å². The number of benzene rings is 1. The summed E-state index contributed by atoms with van der Waals surface area (Å²) in [6, 6.07) is 6.69. The quantitative estimate of drug-likeness (QED) is 0.620. The molecule has 2 aliphatic rings. The molecule has 2 fully saturated rings. The van der Waals surface area contributed by atoms with Crippen LogP contribution in [0.3, 0.4) is 0 Å². The summed E-state index contributed by atoms with van der Waals surface area (Å²) < 4.78 is 21.0. The maximum Gasteiger partial charge on any atom is 0.271 e. The van der Waals surface area contributed by atoms with E-state index in [1.54, 1.807) is 16.8 Å². The first kappa shape index (κ1) is 26.6. The molecule has 4 rings (SSSR count). The molecule has 2 aromatic rings. The Hall–Kier alpha value is -1.67. The van der Waals surface area contributed by atoms with Crippen molar-refractivity contribution < 1.29 is 9.13 Å². The third kappa shape index (κ3) is 6.22. The Morgan fingerprint density at radius 1 is 1.09 bits per heavy atom. The molecule has 0 amide bonds. The molecule has 1 aromatic carbocycles. The Kier molecular flexibility index (Phi) is 9.95. The Bertz CT molecular complexity index is 942. The third-order valence-electron chi connectivity index (χ3n) is 6.39. The lowest BCUT2D eigenvalue weighted by Crippen LogP contribution is -2.45. The van der Waals surface area contributed by atoms with E-state index >= 15 is 0 Å². The van der Waals surface area contributed by atoms with Gasteiger partial charge in [-0.25, -0.2) is 9.07 Å². The van der Waals surface area contributed by atoms with E-state index in [9.17, 15) is 9.18 Å². The Balaban J connectivity index is 0.00000181. The molecule has 1 saturated carbocycles. The highest BCUT2D eigenvalue weighted by Gasteiger charge is 2.21. The number of aromatic nitrogens is 2. The molecule has 9 heteroatoms. The van der Waals surface area contributed by atoms with Gasteiger partial charge in [-0.15, -0.1) is 24.8 Å². The van der Waals surface area contributed by atoms with Crippen molar-refractivity contribution >= 4 is 24.8 Å². The van der Waals surface area contributed by atoms with Crippen molar-refractivity contribution in [3.8, 4) is 17.0 Å². The van der Waals surface area contributed by atoms with Crippen LogP contribution in [0.2, 0.25) is 0 Å². The average Bonchev–Trinajstić information content (AvgIpc) is 3.25. The Morgan fingerprint density at radius 3 is 2.41 bits per heavy atom. The number of nitrogens with zero attached hydrogens (tertiary/aromatic N) is 4. The van der Waals surface area contributed by atoms with Crippen LogP contribution in [0.5, 0.6) is 5.75 Å². The minimum Gasteiger partial charge on any atom is -0.494 e. The molecule has 178 valence electrons.